The van der Waals surface area contributed by atoms with Crippen molar-refractivity contribution in [1.82, 2.24) is 14.8 Å². The van der Waals surface area contributed by atoms with Gasteiger partial charge >= 0.3 is 6.09 Å². The molecule has 0 unspecified atom stereocenters. The van der Waals surface area contributed by atoms with E-state index in [1.165, 1.54) is 0 Å². The summed E-state index contributed by atoms with van der Waals surface area (Å²) in [6.45, 7) is 9.40. The number of hydrogen-bond donors (Lipinski definition) is 2. The van der Waals surface area contributed by atoms with Gasteiger partial charge in [0, 0.05) is 49.8 Å². The number of aromatic amines is 1. The Bertz CT molecular complexity index is 725. The molecule has 1 aliphatic rings. The lowest BCUT2D eigenvalue weighted by molar-refractivity contribution is 0.0139. The molecular weight excluding hydrogens is 306 g/mol. The highest BCUT2D eigenvalue weighted by Gasteiger charge is 2.26. The molecule has 2 aromatic rings. The molecular formula is C18H25N3O3. The van der Waals surface area contributed by atoms with Gasteiger partial charge in [-0.1, -0.05) is 0 Å². The van der Waals surface area contributed by atoms with Crippen LogP contribution in [-0.4, -0.2) is 57.8 Å². The first kappa shape index (κ1) is 16.6. The van der Waals surface area contributed by atoms with E-state index >= 15 is 0 Å². The number of aromatic nitrogens is 1. The van der Waals surface area contributed by atoms with Gasteiger partial charge in [-0.3, -0.25) is 4.90 Å². The predicted molar refractivity (Wildman–Crippen MR) is 93.0 cm³/mol. The Labute approximate surface area is 142 Å². The lowest BCUT2D eigenvalue weighted by atomic mass is 10.1. The van der Waals surface area contributed by atoms with Gasteiger partial charge in [-0.25, -0.2) is 4.79 Å². The second-order valence-electron chi connectivity index (χ2n) is 7.29. The highest BCUT2D eigenvalue weighted by atomic mass is 16.6. The number of amides is 1. The quantitative estimate of drug-likeness (QED) is 0.888. The van der Waals surface area contributed by atoms with Gasteiger partial charge in [0.05, 0.1) is 0 Å². The van der Waals surface area contributed by atoms with E-state index < -0.39 is 5.60 Å². The summed E-state index contributed by atoms with van der Waals surface area (Å²) in [5, 5.41) is 10.7. The third-order valence-corrected chi connectivity index (χ3v) is 4.17. The molecule has 2 heterocycles. The van der Waals surface area contributed by atoms with Gasteiger partial charge in [-0.05, 0) is 44.5 Å². The summed E-state index contributed by atoms with van der Waals surface area (Å²) in [7, 11) is 0. The monoisotopic (exact) mass is 331 g/mol. The summed E-state index contributed by atoms with van der Waals surface area (Å²) < 4.78 is 5.42. The average molecular weight is 331 g/mol. The molecule has 6 nitrogen and oxygen atoms in total. The lowest BCUT2D eigenvalue weighted by Crippen LogP contribution is -2.49. The standard InChI is InChI=1S/C18H25N3O3/c1-18(2,3)24-17(23)21-8-6-20(7-9-21)12-13-11-19-16-5-4-14(22)10-15(13)16/h4-5,10-11,19,22H,6-9,12H2,1-3H3. The number of H-pyrrole nitrogens is 1. The maximum atomic E-state index is 12.1. The van der Waals surface area contributed by atoms with Crippen molar-refractivity contribution in [2.75, 3.05) is 26.2 Å². The second-order valence-corrected chi connectivity index (χ2v) is 7.29. The third kappa shape index (κ3) is 3.82. The highest BCUT2D eigenvalue weighted by Crippen LogP contribution is 2.24. The summed E-state index contributed by atoms with van der Waals surface area (Å²) in [4.78, 5) is 19.4. The van der Waals surface area contributed by atoms with Crippen LogP contribution < -0.4 is 0 Å². The first-order chi connectivity index (χ1) is 11.3. The van der Waals surface area contributed by atoms with Crippen LogP contribution in [0.15, 0.2) is 24.4 Å². The minimum absolute atomic E-state index is 0.237. The van der Waals surface area contributed by atoms with E-state index in [2.05, 4.69) is 9.88 Å². The van der Waals surface area contributed by atoms with Gasteiger partial charge in [0.15, 0.2) is 0 Å². The zero-order valence-corrected chi connectivity index (χ0v) is 14.5. The van der Waals surface area contributed by atoms with Crippen LogP contribution in [0.25, 0.3) is 10.9 Å². The summed E-state index contributed by atoms with van der Waals surface area (Å²) >= 11 is 0. The number of nitrogens with zero attached hydrogens (tertiary/aromatic N) is 2. The number of phenolic OH excluding ortho intramolecular Hbond substituents is 1. The maximum absolute atomic E-state index is 12.1. The summed E-state index contributed by atoms with van der Waals surface area (Å²) in [5.74, 6) is 0.276. The second kappa shape index (κ2) is 6.36. The SMILES string of the molecule is CC(C)(C)OC(=O)N1CCN(Cc2c[nH]c3ccc(O)cc23)CC1. The van der Waals surface area contributed by atoms with Gasteiger partial charge in [0.1, 0.15) is 11.4 Å². The minimum atomic E-state index is -0.458. The molecule has 1 saturated heterocycles. The number of nitrogens with one attached hydrogen (secondary N) is 1. The molecule has 130 valence electrons. The number of ether oxygens (including phenoxy) is 1. The van der Waals surface area contributed by atoms with E-state index in [0.29, 0.717) is 13.1 Å². The molecule has 24 heavy (non-hydrogen) atoms. The Morgan fingerprint density at radius 1 is 1.25 bits per heavy atom. The fourth-order valence-corrected chi connectivity index (χ4v) is 2.95. The summed E-state index contributed by atoms with van der Waals surface area (Å²) in [6.07, 6.45) is 1.75. The Morgan fingerprint density at radius 3 is 2.62 bits per heavy atom. The van der Waals surface area contributed by atoms with Gasteiger partial charge in [-0.15, -0.1) is 0 Å². The largest absolute Gasteiger partial charge is 0.508 e. The van der Waals surface area contributed by atoms with Crippen molar-refractivity contribution in [2.45, 2.75) is 32.9 Å². The number of phenols is 1. The van der Waals surface area contributed by atoms with Crippen LogP contribution in [0, 0.1) is 0 Å². The highest BCUT2D eigenvalue weighted by molar-refractivity contribution is 5.84. The number of benzene rings is 1. The molecule has 1 fully saturated rings. The van der Waals surface area contributed by atoms with Gasteiger partial charge in [-0.2, -0.15) is 0 Å². The molecule has 0 radical (unpaired) electrons. The zero-order valence-electron chi connectivity index (χ0n) is 14.5. The number of carbonyl (C=O) groups excluding carboxylic acids is 1. The molecule has 1 aromatic heterocycles. The smallest absolute Gasteiger partial charge is 0.410 e. The Kier molecular flexibility index (Phi) is 4.41. The van der Waals surface area contributed by atoms with E-state index in [1.54, 1.807) is 17.0 Å². The fraction of sp³-hybridized carbons (Fsp3) is 0.500. The third-order valence-electron chi connectivity index (χ3n) is 4.17. The van der Waals surface area contributed by atoms with Crippen LogP contribution in [0.2, 0.25) is 0 Å². The van der Waals surface area contributed by atoms with Gasteiger partial charge in [0.25, 0.3) is 0 Å². The van der Waals surface area contributed by atoms with E-state index in [0.717, 1.165) is 36.1 Å². The zero-order chi connectivity index (χ0) is 17.3. The van der Waals surface area contributed by atoms with Crippen molar-refractivity contribution in [3.8, 4) is 5.75 Å². The molecule has 1 aliphatic heterocycles. The number of carbonyl (C=O) groups is 1. The van der Waals surface area contributed by atoms with Gasteiger partial charge in [0.2, 0.25) is 0 Å². The Hall–Kier alpha value is -2.21. The van der Waals surface area contributed by atoms with E-state index in [4.69, 9.17) is 4.74 Å². The number of fused-ring (bicyclic) bond motifs is 1. The number of piperazine rings is 1. The molecule has 1 aromatic carbocycles. The molecule has 0 aliphatic carbocycles. The molecule has 1 amide bonds. The Morgan fingerprint density at radius 2 is 1.96 bits per heavy atom. The first-order valence-corrected chi connectivity index (χ1v) is 8.31. The molecule has 0 spiro atoms. The maximum Gasteiger partial charge on any atom is 0.410 e. The van der Waals surface area contributed by atoms with Gasteiger partial charge < -0.3 is 19.7 Å². The number of aromatic hydroxyl groups is 1. The minimum Gasteiger partial charge on any atom is -0.508 e. The van der Waals surface area contributed by atoms with Crippen molar-refractivity contribution in [1.29, 1.82) is 0 Å². The van der Waals surface area contributed by atoms with Crippen LogP contribution in [0.1, 0.15) is 26.3 Å². The van der Waals surface area contributed by atoms with Crippen molar-refractivity contribution in [3.05, 3.63) is 30.0 Å². The molecule has 6 heteroatoms. The normalized spacial score (nSPS) is 16.5. The van der Waals surface area contributed by atoms with Crippen LogP contribution in [0.4, 0.5) is 4.79 Å². The molecule has 3 rings (SSSR count). The van der Waals surface area contributed by atoms with Crippen LogP contribution in [0.3, 0.4) is 0 Å². The van der Waals surface area contributed by atoms with Crippen molar-refractivity contribution in [3.63, 3.8) is 0 Å². The summed E-state index contributed by atoms with van der Waals surface area (Å²) in [5.41, 5.74) is 1.72. The van der Waals surface area contributed by atoms with E-state index in [9.17, 15) is 9.90 Å². The first-order valence-electron chi connectivity index (χ1n) is 8.31. The number of rotatable bonds is 2. The van der Waals surface area contributed by atoms with Crippen LogP contribution in [0.5, 0.6) is 5.75 Å². The van der Waals surface area contributed by atoms with Crippen LogP contribution in [-0.2, 0) is 11.3 Å². The lowest BCUT2D eigenvalue weighted by Gasteiger charge is -2.35. The van der Waals surface area contributed by atoms with E-state index in [1.807, 2.05) is 33.0 Å². The molecule has 0 bridgehead atoms. The van der Waals surface area contributed by atoms with Crippen molar-refractivity contribution < 1.29 is 14.6 Å². The Balaban J connectivity index is 1.59. The van der Waals surface area contributed by atoms with Crippen molar-refractivity contribution in [2.24, 2.45) is 0 Å². The topological polar surface area (TPSA) is 68.8 Å². The predicted octanol–water partition coefficient (Wildman–Crippen LogP) is 2.93. The molecule has 0 saturated carbocycles. The number of hydrogen-bond acceptors (Lipinski definition) is 4. The summed E-state index contributed by atoms with van der Waals surface area (Å²) in [6, 6.07) is 5.36. The molecule has 2 N–H and O–H groups in total. The van der Waals surface area contributed by atoms with E-state index in [-0.39, 0.29) is 11.8 Å². The fourth-order valence-electron chi connectivity index (χ4n) is 2.95. The average Bonchev–Trinajstić information content (AvgIpc) is 2.88. The molecule has 0 atom stereocenters. The van der Waals surface area contributed by atoms with Crippen molar-refractivity contribution >= 4 is 17.0 Å². The van der Waals surface area contributed by atoms with Crippen LogP contribution >= 0.6 is 0 Å².